The van der Waals surface area contributed by atoms with Crippen molar-refractivity contribution in [3.63, 3.8) is 0 Å². The van der Waals surface area contributed by atoms with Crippen LogP contribution in [0.4, 0.5) is 0 Å². The molecular formula is C18H24O2. The van der Waals surface area contributed by atoms with Gasteiger partial charge in [-0.1, -0.05) is 57.2 Å². The van der Waals surface area contributed by atoms with Gasteiger partial charge in [-0.2, -0.15) is 0 Å². The van der Waals surface area contributed by atoms with E-state index in [0.29, 0.717) is 6.61 Å². The fourth-order valence-electron chi connectivity index (χ4n) is 1.91. The van der Waals surface area contributed by atoms with Crippen molar-refractivity contribution in [2.45, 2.75) is 40.2 Å². The van der Waals surface area contributed by atoms with Crippen LogP contribution < -0.4 is 0 Å². The van der Waals surface area contributed by atoms with Gasteiger partial charge in [0, 0.05) is 0 Å². The van der Waals surface area contributed by atoms with Crippen LogP contribution in [-0.2, 0) is 9.78 Å². The Morgan fingerprint density at radius 3 is 2.45 bits per heavy atom. The molecule has 0 radical (unpaired) electrons. The highest BCUT2D eigenvalue weighted by molar-refractivity contribution is 5.83. The van der Waals surface area contributed by atoms with E-state index in [4.69, 9.17) is 9.78 Å². The van der Waals surface area contributed by atoms with Gasteiger partial charge in [-0.05, 0) is 41.2 Å². The molecule has 2 nitrogen and oxygen atoms in total. The molecule has 1 unspecified atom stereocenters. The van der Waals surface area contributed by atoms with Crippen molar-refractivity contribution >= 4 is 10.8 Å². The predicted molar refractivity (Wildman–Crippen MR) is 83.5 cm³/mol. The van der Waals surface area contributed by atoms with Crippen molar-refractivity contribution < 1.29 is 9.78 Å². The monoisotopic (exact) mass is 272 g/mol. The van der Waals surface area contributed by atoms with Crippen molar-refractivity contribution in [1.29, 1.82) is 0 Å². The summed E-state index contributed by atoms with van der Waals surface area (Å²) >= 11 is 0. The third kappa shape index (κ3) is 3.81. The highest BCUT2D eigenvalue weighted by atomic mass is 17.2. The summed E-state index contributed by atoms with van der Waals surface area (Å²) in [7, 11) is 0. The lowest BCUT2D eigenvalue weighted by Gasteiger charge is -2.22. The number of fused-ring (bicyclic) bond motifs is 1. The summed E-state index contributed by atoms with van der Waals surface area (Å²) in [5.74, 6) is 0. The minimum atomic E-state index is -0.0627. The molecule has 108 valence electrons. The summed E-state index contributed by atoms with van der Waals surface area (Å²) in [4.78, 5) is 10.9. The SMILES string of the molecule is CCC(C)(C)COOC(C)c1ccc2ccccc2c1. The molecule has 1 atom stereocenters. The van der Waals surface area contributed by atoms with Crippen LogP contribution in [0.5, 0.6) is 0 Å². The van der Waals surface area contributed by atoms with Gasteiger partial charge in [0.25, 0.3) is 0 Å². The Morgan fingerprint density at radius 1 is 1.05 bits per heavy atom. The van der Waals surface area contributed by atoms with Crippen molar-refractivity contribution in [3.05, 3.63) is 48.0 Å². The lowest BCUT2D eigenvalue weighted by Crippen LogP contribution is -2.18. The second-order valence-electron chi connectivity index (χ2n) is 6.12. The second-order valence-corrected chi connectivity index (χ2v) is 6.12. The molecule has 0 saturated carbocycles. The van der Waals surface area contributed by atoms with E-state index < -0.39 is 0 Å². The quantitative estimate of drug-likeness (QED) is 0.526. The molecule has 0 bridgehead atoms. The molecule has 2 aromatic carbocycles. The van der Waals surface area contributed by atoms with Crippen LogP contribution in [0.3, 0.4) is 0 Å². The summed E-state index contributed by atoms with van der Waals surface area (Å²) in [5.41, 5.74) is 1.29. The zero-order chi connectivity index (χ0) is 14.6. The Labute approximate surface area is 121 Å². The fraction of sp³-hybridized carbons (Fsp3) is 0.444. The molecular weight excluding hydrogens is 248 g/mol. The van der Waals surface area contributed by atoms with Crippen LogP contribution >= 0.6 is 0 Å². The van der Waals surface area contributed by atoms with E-state index in [1.807, 2.05) is 6.92 Å². The Hall–Kier alpha value is -1.38. The Balaban J connectivity index is 1.99. The van der Waals surface area contributed by atoms with Crippen LogP contribution in [-0.4, -0.2) is 6.61 Å². The maximum absolute atomic E-state index is 5.51. The molecule has 0 aromatic heterocycles. The number of hydrogen-bond donors (Lipinski definition) is 0. The van der Waals surface area contributed by atoms with Crippen molar-refractivity contribution in [2.75, 3.05) is 6.61 Å². The summed E-state index contributed by atoms with van der Waals surface area (Å²) < 4.78 is 0. The van der Waals surface area contributed by atoms with Gasteiger partial charge in [-0.25, -0.2) is 9.78 Å². The molecule has 0 spiro atoms. The van der Waals surface area contributed by atoms with Crippen LogP contribution in [0.1, 0.15) is 45.8 Å². The maximum Gasteiger partial charge on any atom is 0.115 e. The largest absolute Gasteiger partial charge is 0.236 e. The Morgan fingerprint density at radius 2 is 1.75 bits per heavy atom. The van der Waals surface area contributed by atoms with Crippen LogP contribution in [0, 0.1) is 5.41 Å². The van der Waals surface area contributed by atoms with Gasteiger partial charge >= 0.3 is 0 Å². The van der Waals surface area contributed by atoms with Crippen LogP contribution in [0.2, 0.25) is 0 Å². The predicted octanol–water partition coefficient (Wildman–Crippen LogP) is 5.29. The number of rotatable bonds is 6. The molecule has 0 N–H and O–H groups in total. The molecule has 2 rings (SSSR count). The highest BCUT2D eigenvalue weighted by Crippen LogP contribution is 2.25. The zero-order valence-electron chi connectivity index (χ0n) is 12.8. The lowest BCUT2D eigenvalue weighted by atomic mass is 9.92. The van der Waals surface area contributed by atoms with Gasteiger partial charge in [0.1, 0.15) is 6.10 Å². The first-order valence-corrected chi connectivity index (χ1v) is 7.29. The molecule has 0 aliphatic rings. The fourth-order valence-corrected chi connectivity index (χ4v) is 1.91. The molecule has 0 heterocycles. The lowest BCUT2D eigenvalue weighted by molar-refractivity contribution is -0.335. The first-order chi connectivity index (χ1) is 9.52. The second kappa shape index (κ2) is 6.38. The van der Waals surface area contributed by atoms with E-state index in [-0.39, 0.29) is 11.5 Å². The Bertz CT molecular complexity index is 560. The van der Waals surface area contributed by atoms with Gasteiger partial charge in [0.15, 0.2) is 0 Å². The topological polar surface area (TPSA) is 18.5 Å². The summed E-state index contributed by atoms with van der Waals surface area (Å²) in [5, 5.41) is 2.48. The smallest absolute Gasteiger partial charge is 0.115 e. The van der Waals surface area contributed by atoms with E-state index >= 15 is 0 Å². The van der Waals surface area contributed by atoms with Crippen molar-refractivity contribution in [2.24, 2.45) is 5.41 Å². The van der Waals surface area contributed by atoms with E-state index in [9.17, 15) is 0 Å². The molecule has 0 aliphatic carbocycles. The van der Waals surface area contributed by atoms with E-state index in [1.165, 1.54) is 10.8 Å². The molecule has 0 saturated heterocycles. The van der Waals surface area contributed by atoms with Gasteiger partial charge in [-0.3, -0.25) is 0 Å². The molecule has 0 aliphatic heterocycles. The minimum absolute atomic E-state index is 0.0627. The third-order valence-corrected chi connectivity index (χ3v) is 3.86. The molecule has 0 fully saturated rings. The standard InChI is InChI=1S/C18H24O2/c1-5-18(3,4)13-19-20-14(2)16-11-10-15-8-6-7-9-17(15)12-16/h6-12,14H,5,13H2,1-4H3. The van der Waals surface area contributed by atoms with Crippen molar-refractivity contribution in [1.82, 2.24) is 0 Å². The average molecular weight is 272 g/mol. The van der Waals surface area contributed by atoms with Crippen molar-refractivity contribution in [3.8, 4) is 0 Å². The molecule has 20 heavy (non-hydrogen) atoms. The summed E-state index contributed by atoms with van der Waals surface area (Å²) in [6, 6.07) is 14.7. The third-order valence-electron chi connectivity index (χ3n) is 3.86. The molecule has 2 heteroatoms. The van der Waals surface area contributed by atoms with E-state index in [1.54, 1.807) is 0 Å². The maximum atomic E-state index is 5.51. The van der Waals surface area contributed by atoms with Gasteiger partial charge in [0.2, 0.25) is 0 Å². The van der Waals surface area contributed by atoms with Crippen LogP contribution in [0.25, 0.3) is 10.8 Å². The highest BCUT2D eigenvalue weighted by Gasteiger charge is 2.17. The summed E-state index contributed by atoms with van der Waals surface area (Å²) in [6.07, 6.45) is 1.01. The number of benzene rings is 2. The van der Waals surface area contributed by atoms with Gasteiger partial charge < -0.3 is 0 Å². The number of hydrogen-bond acceptors (Lipinski definition) is 2. The molecule has 0 amide bonds. The first-order valence-electron chi connectivity index (χ1n) is 7.29. The van der Waals surface area contributed by atoms with E-state index in [0.717, 1.165) is 12.0 Å². The Kier molecular flexibility index (Phi) is 4.79. The first kappa shape index (κ1) is 15.0. The summed E-state index contributed by atoms with van der Waals surface area (Å²) in [6.45, 7) is 9.15. The normalized spacial score (nSPS) is 13.6. The average Bonchev–Trinajstić information content (AvgIpc) is 2.46. The van der Waals surface area contributed by atoms with Crippen LogP contribution in [0.15, 0.2) is 42.5 Å². The van der Waals surface area contributed by atoms with Gasteiger partial charge in [0.05, 0.1) is 6.61 Å². The van der Waals surface area contributed by atoms with E-state index in [2.05, 4.69) is 63.2 Å². The zero-order valence-corrected chi connectivity index (χ0v) is 12.8. The minimum Gasteiger partial charge on any atom is -0.236 e. The van der Waals surface area contributed by atoms with Gasteiger partial charge in [-0.15, -0.1) is 0 Å². The molecule has 2 aromatic rings.